The van der Waals surface area contributed by atoms with E-state index >= 15 is 0 Å². The van der Waals surface area contributed by atoms with Gasteiger partial charge in [0.15, 0.2) is 11.5 Å². The Hall–Kier alpha value is -5.50. The van der Waals surface area contributed by atoms with Crippen molar-refractivity contribution >= 4 is 85.4 Å². The summed E-state index contributed by atoms with van der Waals surface area (Å²) < 4.78 is 34.6. The van der Waals surface area contributed by atoms with E-state index in [0.29, 0.717) is 11.4 Å². The van der Waals surface area contributed by atoms with Gasteiger partial charge in [-0.05, 0) is 120 Å². The number of benzene rings is 4. The number of nitrogen functional groups attached to an aromatic ring is 1. The number of hydrazone groups is 2. The van der Waals surface area contributed by atoms with Crippen LogP contribution >= 0.6 is 0 Å². The number of carbonyl (C=O) groups is 3. The van der Waals surface area contributed by atoms with Gasteiger partial charge < -0.3 is 21.1 Å². The number of ketones is 2. The van der Waals surface area contributed by atoms with Gasteiger partial charge in [-0.25, -0.2) is 4.79 Å². The first-order valence-electron chi connectivity index (χ1n) is 15.6. The Morgan fingerprint density at radius 3 is 1.84 bits per heavy atom. The molecule has 0 saturated heterocycles. The Morgan fingerprint density at radius 2 is 1.25 bits per heavy atom. The van der Waals surface area contributed by atoms with Crippen molar-refractivity contribution in [2.45, 2.75) is 0 Å². The van der Waals surface area contributed by atoms with E-state index in [9.17, 15) is 37.6 Å². The van der Waals surface area contributed by atoms with Crippen molar-refractivity contribution in [3.63, 3.8) is 0 Å². The maximum absolute atomic E-state index is 13.4. The van der Waals surface area contributed by atoms with E-state index in [4.69, 9.17) is 10.8 Å². The number of hydrogen-bond donors (Lipinski definition) is 5. The van der Waals surface area contributed by atoms with Gasteiger partial charge in [0, 0.05) is 11.3 Å². The minimum Gasteiger partial charge on any atom is -0.858 e. The summed E-state index contributed by atoms with van der Waals surface area (Å²) >= 11 is 0. The number of nitrogens with zero attached hydrogens (tertiary/aromatic N) is 4. The Morgan fingerprint density at radius 1 is 0.714 bits per heavy atom. The maximum Gasteiger partial charge on any atom is 1.00 e. The number of Topliss-reactive ketones (excluding diaryl/α,β-unsaturated/α-hetero) is 1. The third-order valence-electron chi connectivity index (χ3n) is 7.72. The van der Waals surface area contributed by atoms with Crippen LogP contribution in [0.3, 0.4) is 0 Å². The number of carboxylic acid groups (broad SMARTS) is 1. The number of aliphatic imine (C=N–C) groups is 2. The molecule has 0 unspecified atom stereocenters. The van der Waals surface area contributed by atoms with E-state index in [-0.39, 0.29) is 104 Å². The summed E-state index contributed by atoms with van der Waals surface area (Å²) in [5.74, 6) is -3.99. The van der Waals surface area contributed by atoms with Crippen LogP contribution in [0.1, 0.15) is 27.0 Å². The monoisotopic (exact) mass is 789 g/mol. The summed E-state index contributed by atoms with van der Waals surface area (Å²) in [6.45, 7) is 0. The fraction of sp³-hybridized carbons (Fsp3) is 0. The van der Waals surface area contributed by atoms with Crippen molar-refractivity contribution in [2.24, 2.45) is 20.2 Å². The quantitative estimate of drug-likeness (QED) is 0.0157. The third kappa shape index (κ3) is 10.4. The molecule has 2 aliphatic rings. The van der Waals surface area contributed by atoms with Gasteiger partial charge in [-0.15, -0.1) is 0 Å². The molecule has 0 aromatic heterocycles. The predicted octanol–water partition coefficient (Wildman–Crippen LogP) is -3.04. The van der Waals surface area contributed by atoms with Crippen LogP contribution < -0.4 is 85.9 Å². The number of nitrogens with one attached hydrogen (secondary N) is 2. The molecule has 0 fully saturated rings. The van der Waals surface area contributed by atoms with Crippen LogP contribution in [0.2, 0.25) is 0 Å². The van der Waals surface area contributed by atoms with Gasteiger partial charge in [0.25, 0.3) is 10.1 Å². The molecule has 0 aliphatic heterocycles. The normalized spacial score (nSPS) is 15.6. The first kappa shape index (κ1) is 43.2. The number of hydrogen-bond acceptors (Lipinski definition) is 14. The molecule has 4 aromatic carbocycles. The fourth-order valence-corrected chi connectivity index (χ4v) is 5.65. The van der Waals surface area contributed by atoms with E-state index in [1.165, 1.54) is 72.8 Å². The van der Waals surface area contributed by atoms with E-state index in [1.807, 2.05) is 0 Å². The van der Waals surface area contributed by atoms with Crippen LogP contribution in [0, 0.1) is 0 Å². The number of fused-ring (bicyclic) bond motifs is 1. The van der Waals surface area contributed by atoms with Gasteiger partial charge in [0.05, 0.1) is 28.5 Å². The average molecular weight is 790 g/mol. The van der Waals surface area contributed by atoms with Crippen molar-refractivity contribution < 1.29 is 102 Å². The van der Waals surface area contributed by atoms with Gasteiger partial charge >= 0.3 is 65.1 Å². The Balaban J connectivity index is 0.00000348. The molecule has 6 rings (SSSR count). The molecule has 270 valence electrons. The molecule has 19 heteroatoms. The molecule has 0 amide bonds. The van der Waals surface area contributed by atoms with Crippen LogP contribution in [-0.2, 0) is 19.7 Å². The number of carboxylic acids is 1. The van der Waals surface area contributed by atoms with E-state index in [0.717, 1.165) is 18.2 Å². The molecule has 0 radical (unpaired) electrons. The average Bonchev–Trinajstić information content (AvgIpc) is 3.14. The predicted molar refractivity (Wildman–Crippen MR) is 198 cm³/mol. The number of aliphatic carboxylic acids is 1. The number of nitrogens with two attached hydrogens (primary N) is 1. The van der Waals surface area contributed by atoms with Crippen molar-refractivity contribution in [3.8, 4) is 0 Å². The second-order valence-corrected chi connectivity index (χ2v) is 12.8. The van der Waals surface area contributed by atoms with Crippen LogP contribution in [0.15, 0.2) is 140 Å². The van der Waals surface area contributed by atoms with Gasteiger partial charge in [0.1, 0.15) is 10.5 Å². The minimum atomic E-state index is -4.94. The smallest absolute Gasteiger partial charge is 0.858 e. The summed E-state index contributed by atoms with van der Waals surface area (Å²) in [4.78, 5) is 43.5. The van der Waals surface area contributed by atoms with Gasteiger partial charge in [-0.2, -0.15) is 18.6 Å². The SMILES string of the molecule is Nc1ccc(C([O-])=Nc2ccc3c(c2)C=C(S(=O)(=O)O)/C(=N\Nc2ccc(N=C([O-])c4ccc(N/N=C5/C=CC(=O)C(C(=O)O)=C5)cc4)cc2)C3=O)cc1.[Na+].[Na+]. The Bertz CT molecular complexity index is 2550. The molecule has 0 atom stereocenters. The molecular weight excluding hydrogens is 764 g/mol. The summed E-state index contributed by atoms with van der Waals surface area (Å²) in [6.07, 6.45) is 4.64. The number of carbonyl (C=O) groups excluding carboxylic acids is 2. The van der Waals surface area contributed by atoms with Gasteiger partial charge in [-0.1, -0.05) is 24.3 Å². The van der Waals surface area contributed by atoms with Crippen molar-refractivity contribution in [2.75, 3.05) is 16.6 Å². The number of rotatable bonds is 10. The van der Waals surface area contributed by atoms with Crippen molar-refractivity contribution in [1.82, 2.24) is 0 Å². The zero-order valence-electron chi connectivity index (χ0n) is 29.5. The third-order valence-corrected chi connectivity index (χ3v) is 8.58. The fourth-order valence-electron chi connectivity index (χ4n) is 4.99. The summed E-state index contributed by atoms with van der Waals surface area (Å²) in [6, 6.07) is 22.2. The molecule has 16 nitrogen and oxygen atoms in total. The van der Waals surface area contributed by atoms with E-state index in [1.54, 1.807) is 24.3 Å². The van der Waals surface area contributed by atoms with Crippen LogP contribution in [0.4, 0.5) is 28.4 Å². The first-order valence-corrected chi connectivity index (χ1v) is 17.0. The molecule has 2 aliphatic carbocycles. The van der Waals surface area contributed by atoms with Crippen molar-refractivity contribution in [1.29, 1.82) is 0 Å². The van der Waals surface area contributed by atoms with E-state index < -0.39 is 55.6 Å². The molecule has 0 heterocycles. The summed E-state index contributed by atoms with van der Waals surface area (Å²) in [5, 5.41) is 42.5. The van der Waals surface area contributed by atoms with E-state index in [2.05, 4.69) is 31.0 Å². The molecule has 4 aromatic rings. The van der Waals surface area contributed by atoms with Crippen LogP contribution in [0.5, 0.6) is 0 Å². The second kappa shape index (κ2) is 18.4. The van der Waals surface area contributed by atoms with Gasteiger partial charge in [0.2, 0.25) is 5.78 Å². The summed E-state index contributed by atoms with van der Waals surface area (Å²) in [5.41, 5.74) is 12.5. The largest absolute Gasteiger partial charge is 1.00 e. The minimum absolute atomic E-state index is 0. The summed E-state index contributed by atoms with van der Waals surface area (Å²) in [7, 11) is -4.94. The zero-order valence-corrected chi connectivity index (χ0v) is 34.3. The van der Waals surface area contributed by atoms with Gasteiger partial charge in [-0.3, -0.25) is 35.0 Å². The molecule has 0 bridgehead atoms. The number of anilines is 3. The molecule has 0 saturated carbocycles. The Kier molecular flexibility index (Phi) is 14.2. The zero-order chi connectivity index (χ0) is 38.6. The van der Waals surface area contributed by atoms with Crippen LogP contribution in [0.25, 0.3) is 6.08 Å². The maximum atomic E-state index is 13.4. The van der Waals surface area contributed by atoms with Crippen LogP contribution in [-0.4, -0.2) is 58.8 Å². The topological polar surface area (TPSA) is 271 Å². The molecule has 56 heavy (non-hydrogen) atoms. The molecule has 6 N–H and O–H groups in total. The molecule has 0 spiro atoms. The standard InChI is InChI=1S/C37H27N7O9S.2Na/c38-23-5-1-20(2-6-23)36(48)40-27-13-15-29-22(17-27)18-32(54(51,52)53)33(34(29)46)44-42-26-11-9-24(10-12-26)39-35(47)21-3-7-25(8-4-21)41-43-28-14-16-31(45)30(19-28)37(49)50;;/h1-19,41-42H,38H2,(H,39,47)(H,40,48)(H,49,50)(H,51,52,53);;/q;2*+1/p-2/b43-28-,44-33+;;. The molecular formula is C37H25N7Na2O9S. The number of allylic oxidation sites excluding steroid dienone is 4. The Labute approximate surface area is 363 Å². The first-order chi connectivity index (χ1) is 25.7. The second-order valence-electron chi connectivity index (χ2n) is 11.4. The van der Waals surface area contributed by atoms with Crippen molar-refractivity contribution in [3.05, 3.63) is 142 Å².